The Kier molecular flexibility index (Phi) is 3.30. The van der Waals surface area contributed by atoms with Gasteiger partial charge in [0.2, 0.25) is 0 Å². The average molecular weight is 253 g/mol. The average Bonchev–Trinajstić information content (AvgIpc) is 2.02. The number of ether oxygens (including phenoxy) is 1. The molecule has 1 aromatic rings. The highest BCUT2D eigenvalue weighted by Gasteiger charge is 2.20. The van der Waals surface area contributed by atoms with Gasteiger partial charge in [-0.05, 0) is 28.1 Å². The maximum Gasteiger partial charge on any atom is 0.492 e. The summed E-state index contributed by atoms with van der Waals surface area (Å²) in [7, 11) is -0.383. The van der Waals surface area contributed by atoms with Crippen LogP contribution in [-0.4, -0.2) is 24.3 Å². The summed E-state index contributed by atoms with van der Waals surface area (Å²) in [5, 5.41) is 17.7. The summed E-state index contributed by atoms with van der Waals surface area (Å²) < 4.78 is 18.0. The topological polar surface area (TPSA) is 49.7 Å². The molecule has 0 bridgehead atoms. The molecular weight excluding hydrogens is 242 g/mol. The van der Waals surface area contributed by atoms with Gasteiger partial charge in [0, 0.05) is 8.32 Å². The normalized spacial score (nSPS) is 9.92. The fourth-order valence-corrected chi connectivity index (χ4v) is 1.60. The molecule has 0 saturated heterocycles. The van der Waals surface area contributed by atoms with Gasteiger partial charge < -0.3 is 14.8 Å². The smallest absolute Gasteiger partial charge is 0.492 e. The fraction of sp³-hybridized carbons (Fsp3) is 0.143. The highest BCUT2D eigenvalue weighted by Crippen LogP contribution is 2.23. The third-order valence-electron chi connectivity index (χ3n) is 1.52. The van der Waals surface area contributed by atoms with Gasteiger partial charge in [-0.1, -0.05) is 0 Å². The minimum Gasteiger partial charge on any atom is -0.496 e. The molecule has 0 aromatic heterocycles. The third-order valence-corrected chi connectivity index (χ3v) is 2.11. The first kappa shape index (κ1) is 10.5. The van der Waals surface area contributed by atoms with Gasteiger partial charge >= 0.3 is 7.12 Å². The van der Waals surface area contributed by atoms with Gasteiger partial charge in [0.1, 0.15) is 11.6 Å². The van der Waals surface area contributed by atoms with Crippen LogP contribution in [0.4, 0.5) is 4.39 Å². The van der Waals surface area contributed by atoms with Crippen molar-refractivity contribution in [3.05, 3.63) is 22.4 Å². The predicted molar refractivity (Wildman–Crippen MR) is 54.7 cm³/mol. The van der Waals surface area contributed by atoms with Gasteiger partial charge in [-0.2, -0.15) is 0 Å². The molecule has 74 valence electrons. The van der Waals surface area contributed by atoms with Gasteiger partial charge in [0.25, 0.3) is 0 Å². The van der Waals surface area contributed by atoms with Crippen LogP contribution in [0.25, 0.3) is 0 Å². The molecule has 2 N–H and O–H groups in total. The van der Waals surface area contributed by atoms with Gasteiger partial charge in [-0.15, -0.1) is 0 Å². The van der Waals surface area contributed by atoms with Crippen molar-refractivity contribution in [2.45, 2.75) is 0 Å². The van der Waals surface area contributed by atoms with Crippen LogP contribution in [0.2, 0.25) is 0 Å². The number of methoxy groups -OCH3 is 1. The monoisotopic (exact) mass is 252 g/mol. The second-order valence-corrected chi connectivity index (χ2v) is 3.24. The minimum absolute atomic E-state index is 0. The van der Waals surface area contributed by atoms with E-state index in [1.54, 1.807) is 0 Å². The molecule has 0 saturated carbocycles. The standard InChI is InChI=1S/C7H7BBrFO3.2H2/c1-13-7-5(8(11)12)2-4(10)3-6(7)9;;/h2-3,11-12H,1H3;2*1H. The van der Waals surface area contributed by atoms with Gasteiger partial charge in [0.15, 0.2) is 0 Å². The number of hydrogen-bond acceptors (Lipinski definition) is 3. The molecule has 0 fully saturated rings. The van der Waals surface area contributed by atoms with Gasteiger partial charge in [-0.3, -0.25) is 0 Å². The second-order valence-electron chi connectivity index (χ2n) is 2.38. The molecular formula is C7H11BBrFO3. The summed E-state index contributed by atoms with van der Waals surface area (Å²) >= 11 is 3.04. The number of halogens is 2. The Hall–Kier alpha value is -0.585. The van der Waals surface area contributed by atoms with Crippen LogP contribution < -0.4 is 10.2 Å². The number of hydrogen-bond donors (Lipinski definition) is 2. The minimum atomic E-state index is -1.75. The SMILES string of the molecule is COc1c(Br)cc(F)cc1B(O)O.[HH].[HH]. The lowest BCUT2D eigenvalue weighted by Gasteiger charge is -2.09. The number of benzene rings is 1. The van der Waals surface area contributed by atoms with Crippen molar-refractivity contribution in [3.8, 4) is 5.75 Å². The van der Waals surface area contributed by atoms with E-state index in [2.05, 4.69) is 15.9 Å². The van der Waals surface area contributed by atoms with Crippen LogP contribution in [0.15, 0.2) is 16.6 Å². The van der Waals surface area contributed by atoms with Crippen molar-refractivity contribution in [3.63, 3.8) is 0 Å². The summed E-state index contributed by atoms with van der Waals surface area (Å²) in [6.45, 7) is 0. The van der Waals surface area contributed by atoms with E-state index in [0.29, 0.717) is 4.47 Å². The van der Waals surface area contributed by atoms with Crippen molar-refractivity contribution in [1.82, 2.24) is 0 Å². The fourth-order valence-electron chi connectivity index (χ4n) is 0.987. The third kappa shape index (κ3) is 2.21. The molecule has 0 amide bonds. The lowest BCUT2D eigenvalue weighted by molar-refractivity contribution is 0.400. The molecule has 1 aromatic carbocycles. The molecule has 0 unspecified atom stereocenters. The van der Waals surface area contributed by atoms with Crippen LogP contribution in [0.1, 0.15) is 2.85 Å². The Labute approximate surface area is 86.4 Å². The van der Waals surface area contributed by atoms with Crippen LogP contribution >= 0.6 is 15.9 Å². The van der Waals surface area contributed by atoms with Crippen molar-refractivity contribution in [2.75, 3.05) is 7.11 Å². The molecule has 0 heterocycles. The Bertz CT molecular complexity index is 327. The van der Waals surface area contributed by atoms with Crippen molar-refractivity contribution in [1.29, 1.82) is 0 Å². The quantitative estimate of drug-likeness (QED) is 0.765. The molecule has 0 spiro atoms. The van der Waals surface area contributed by atoms with Crippen molar-refractivity contribution < 1.29 is 22.0 Å². The highest BCUT2D eigenvalue weighted by atomic mass is 79.9. The van der Waals surface area contributed by atoms with Crippen LogP contribution in [0, 0.1) is 5.82 Å². The maximum absolute atomic E-state index is 12.8. The lowest BCUT2D eigenvalue weighted by Crippen LogP contribution is -2.31. The van der Waals surface area contributed by atoms with Crippen LogP contribution in [0.3, 0.4) is 0 Å². The predicted octanol–water partition coefficient (Wildman–Crippen LogP) is 0.769. The Morgan fingerprint density at radius 1 is 1.54 bits per heavy atom. The zero-order valence-corrected chi connectivity index (χ0v) is 8.38. The molecule has 1 rings (SSSR count). The van der Waals surface area contributed by atoms with Crippen molar-refractivity contribution >= 4 is 28.5 Å². The van der Waals surface area contributed by atoms with E-state index < -0.39 is 12.9 Å². The Balaban J connectivity index is 0. The zero-order valence-electron chi connectivity index (χ0n) is 6.79. The van der Waals surface area contributed by atoms with Crippen LogP contribution in [-0.2, 0) is 0 Å². The van der Waals surface area contributed by atoms with Crippen LogP contribution in [0.5, 0.6) is 5.75 Å². The van der Waals surface area contributed by atoms with E-state index in [1.165, 1.54) is 13.2 Å². The van der Waals surface area contributed by atoms with Gasteiger partial charge in [0.05, 0.1) is 11.6 Å². The molecule has 0 aliphatic heterocycles. The Morgan fingerprint density at radius 3 is 2.62 bits per heavy atom. The maximum atomic E-state index is 12.8. The largest absolute Gasteiger partial charge is 0.496 e. The number of rotatable bonds is 2. The second kappa shape index (κ2) is 4.08. The zero-order chi connectivity index (χ0) is 10.0. The molecule has 13 heavy (non-hydrogen) atoms. The van der Waals surface area contributed by atoms with E-state index in [0.717, 1.165) is 6.07 Å². The summed E-state index contributed by atoms with van der Waals surface area (Å²) in [5.74, 6) is -0.341. The molecule has 0 atom stereocenters. The van der Waals surface area contributed by atoms with Crippen molar-refractivity contribution in [2.24, 2.45) is 0 Å². The Morgan fingerprint density at radius 2 is 2.15 bits per heavy atom. The summed E-state index contributed by atoms with van der Waals surface area (Å²) in [4.78, 5) is 0. The summed E-state index contributed by atoms with van der Waals surface area (Å²) in [6.07, 6.45) is 0. The van der Waals surface area contributed by atoms with E-state index in [9.17, 15) is 4.39 Å². The summed E-state index contributed by atoms with van der Waals surface area (Å²) in [6, 6.07) is 2.19. The van der Waals surface area contributed by atoms with E-state index in [4.69, 9.17) is 14.8 Å². The van der Waals surface area contributed by atoms with E-state index in [-0.39, 0.29) is 14.1 Å². The molecule has 3 nitrogen and oxygen atoms in total. The van der Waals surface area contributed by atoms with E-state index >= 15 is 0 Å². The highest BCUT2D eigenvalue weighted by molar-refractivity contribution is 9.10. The summed E-state index contributed by atoms with van der Waals surface area (Å²) in [5.41, 5.74) is -0.00521. The van der Waals surface area contributed by atoms with E-state index in [1.807, 2.05) is 0 Å². The van der Waals surface area contributed by atoms with Gasteiger partial charge in [-0.25, -0.2) is 4.39 Å². The molecule has 0 aliphatic carbocycles. The first-order valence-corrected chi connectivity index (χ1v) is 4.24. The molecule has 0 radical (unpaired) electrons. The molecule has 0 aliphatic rings. The first-order chi connectivity index (χ1) is 6.06. The lowest BCUT2D eigenvalue weighted by atomic mass is 9.79. The molecule has 6 heteroatoms. The first-order valence-electron chi connectivity index (χ1n) is 3.45.